The van der Waals surface area contributed by atoms with Crippen molar-refractivity contribution in [2.24, 2.45) is 5.73 Å². The van der Waals surface area contributed by atoms with Crippen LogP contribution in [-0.2, 0) is 6.42 Å². The van der Waals surface area contributed by atoms with Crippen LogP contribution in [0.4, 0.5) is 5.69 Å². The monoisotopic (exact) mass is 247 g/mol. The first-order chi connectivity index (χ1) is 8.19. The number of nitrogens with zero attached hydrogens (tertiary/aromatic N) is 3. The zero-order chi connectivity index (χ0) is 12.3. The fourth-order valence-electron chi connectivity index (χ4n) is 1.43. The molecule has 0 aliphatic heterocycles. The summed E-state index contributed by atoms with van der Waals surface area (Å²) < 4.78 is 1.74. The third-order valence-corrected chi connectivity index (χ3v) is 2.40. The fourth-order valence-corrected chi connectivity index (χ4v) is 1.54. The smallest absolute Gasteiger partial charge is 0.168 e. The average Bonchev–Trinajstić information content (AvgIpc) is 2.78. The van der Waals surface area contributed by atoms with Crippen molar-refractivity contribution in [1.82, 2.24) is 15.0 Å². The molecule has 0 amide bonds. The quantitative estimate of drug-likeness (QED) is 0.804. The number of anilines is 1. The van der Waals surface area contributed by atoms with E-state index in [-0.39, 0.29) is 5.11 Å². The van der Waals surface area contributed by atoms with Crippen LogP contribution in [0.1, 0.15) is 12.6 Å². The Labute approximate surface area is 105 Å². The molecule has 2 aromatic rings. The first-order valence-corrected chi connectivity index (χ1v) is 5.68. The first-order valence-electron chi connectivity index (χ1n) is 5.27. The van der Waals surface area contributed by atoms with Gasteiger partial charge in [-0.05, 0) is 42.9 Å². The van der Waals surface area contributed by atoms with E-state index in [1.165, 1.54) is 0 Å². The van der Waals surface area contributed by atoms with Gasteiger partial charge in [0, 0.05) is 5.69 Å². The molecule has 0 saturated carbocycles. The number of nitrogens with one attached hydrogen (secondary N) is 1. The van der Waals surface area contributed by atoms with E-state index in [0.29, 0.717) is 0 Å². The van der Waals surface area contributed by atoms with Gasteiger partial charge in [0.2, 0.25) is 0 Å². The van der Waals surface area contributed by atoms with Crippen molar-refractivity contribution in [3.8, 4) is 5.69 Å². The van der Waals surface area contributed by atoms with E-state index in [1.54, 1.807) is 4.68 Å². The standard InChI is InChI=1S/C11H13N5S/c1-2-8-7-16(15-14-8)10-5-3-9(4-6-10)13-11(12)17/h3-7H,2H2,1H3,(H3,12,13,17). The Morgan fingerprint density at radius 2 is 2.12 bits per heavy atom. The highest BCUT2D eigenvalue weighted by Crippen LogP contribution is 2.12. The highest BCUT2D eigenvalue weighted by Gasteiger charge is 2.01. The molecule has 0 spiro atoms. The summed E-state index contributed by atoms with van der Waals surface area (Å²) in [6.07, 6.45) is 2.79. The molecule has 88 valence electrons. The van der Waals surface area contributed by atoms with E-state index >= 15 is 0 Å². The van der Waals surface area contributed by atoms with Crippen LogP contribution in [-0.4, -0.2) is 20.1 Å². The van der Waals surface area contributed by atoms with Crippen molar-refractivity contribution in [2.45, 2.75) is 13.3 Å². The van der Waals surface area contributed by atoms with E-state index in [0.717, 1.165) is 23.5 Å². The second-order valence-corrected chi connectivity index (χ2v) is 3.98. The van der Waals surface area contributed by atoms with Gasteiger partial charge < -0.3 is 11.1 Å². The summed E-state index contributed by atoms with van der Waals surface area (Å²) >= 11 is 4.76. The SMILES string of the molecule is CCc1cn(-c2ccc(NC(N)=S)cc2)nn1. The minimum absolute atomic E-state index is 0.256. The molecule has 2 rings (SSSR count). The van der Waals surface area contributed by atoms with Gasteiger partial charge in [0.15, 0.2) is 5.11 Å². The predicted molar refractivity (Wildman–Crippen MR) is 71.1 cm³/mol. The molecule has 0 aliphatic rings. The highest BCUT2D eigenvalue weighted by molar-refractivity contribution is 7.80. The molecule has 0 aliphatic carbocycles. The highest BCUT2D eigenvalue weighted by atomic mass is 32.1. The van der Waals surface area contributed by atoms with Gasteiger partial charge in [-0.15, -0.1) is 5.10 Å². The molecule has 0 radical (unpaired) electrons. The number of nitrogens with two attached hydrogens (primary N) is 1. The molecule has 6 heteroatoms. The topological polar surface area (TPSA) is 68.8 Å². The lowest BCUT2D eigenvalue weighted by Gasteiger charge is -2.04. The Hall–Kier alpha value is -1.95. The molecular weight excluding hydrogens is 234 g/mol. The number of aryl methyl sites for hydroxylation is 1. The Bertz CT molecular complexity index is 517. The maximum Gasteiger partial charge on any atom is 0.168 e. The van der Waals surface area contributed by atoms with E-state index in [2.05, 4.69) is 15.6 Å². The van der Waals surface area contributed by atoms with Gasteiger partial charge in [0.1, 0.15) is 0 Å². The molecule has 17 heavy (non-hydrogen) atoms. The molecule has 1 aromatic heterocycles. The van der Waals surface area contributed by atoms with Crippen molar-refractivity contribution in [1.29, 1.82) is 0 Å². The summed E-state index contributed by atoms with van der Waals surface area (Å²) in [5.41, 5.74) is 8.16. The van der Waals surface area contributed by atoms with Crippen molar-refractivity contribution in [3.63, 3.8) is 0 Å². The van der Waals surface area contributed by atoms with Crippen LogP contribution in [0.15, 0.2) is 30.5 Å². The summed E-state index contributed by atoms with van der Waals surface area (Å²) in [5.74, 6) is 0. The lowest BCUT2D eigenvalue weighted by molar-refractivity contribution is 0.798. The van der Waals surface area contributed by atoms with E-state index in [9.17, 15) is 0 Å². The van der Waals surface area contributed by atoms with Crippen LogP contribution < -0.4 is 11.1 Å². The van der Waals surface area contributed by atoms with E-state index in [1.807, 2.05) is 37.4 Å². The van der Waals surface area contributed by atoms with Crippen molar-refractivity contribution >= 4 is 23.0 Å². The molecular formula is C11H13N5S. The predicted octanol–water partition coefficient (Wildman–Crippen LogP) is 1.49. The van der Waals surface area contributed by atoms with Gasteiger partial charge in [-0.1, -0.05) is 12.1 Å². The maximum atomic E-state index is 5.39. The van der Waals surface area contributed by atoms with Crippen LogP contribution in [0.2, 0.25) is 0 Å². The normalized spacial score (nSPS) is 10.2. The molecule has 0 atom stereocenters. The van der Waals surface area contributed by atoms with Gasteiger partial charge >= 0.3 is 0 Å². The largest absolute Gasteiger partial charge is 0.376 e. The number of rotatable bonds is 3. The van der Waals surface area contributed by atoms with E-state index < -0.39 is 0 Å². The summed E-state index contributed by atoms with van der Waals surface area (Å²) in [7, 11) is 0. The molecule has 0 unspecified atom stereocenters. The number of hydrogen-bond donors (Lipinski definition) is 2. The van der Waals surface area contributed by atoms with Gasteiger partial charge in [-0.2, -0.15) is 0 Å². The Morgan fingerprint density at radius 1 is 1.41 bits per heavy atom. The fraction of sp³-hybridized carbons (Fsp3) is 0.182. The van der Waals surface area contributed by atoms with Crippen LogP contribution in [0.3, 0.4) is 0 Å². The second-order valence-electron chi connectivity index (χ2n) is 3.54. The van der Waals surface area contributed by atoms with Crippen molar-refractivity contribution < 1.29 is 0 Å². The van der Waals surface area contributed by atoms with Gasteiger partial charge in [-0.3, -0.25) is 0 Å². The number of thiocarbonyl (C=S) groups is 1. The van der Waals surface area contributed by atoms with Crippen LogP contribution in [0.25, 0.3) is 5.69 Å². The molecule has 5 nitrogen and oxygen atoms in total. The van der Waals surface area contributed by atoms with Crippen LogP contribution >= 0.6 is 12.2 Å². The third kappa shape index (κ3) is 2.79. The summed E-state index contributed by atoms with van der Waals surface area (Å²) in [6.45, 7) is 2.05. The van der Waals surface area contributed by atoms with Gasteiger partial charge in [0.25, 0.3) is 0 Å². The Morgan fingerprint density at radius 3 is 2.65 bits per heavy atom. The summed E-state index contributed by atoms with van der Waals surface area (Å²) in [6, 6.07) is 7.63. The number of aromatic nitrogens is 3. The first kappa shape index (κ1) is 11.5. The number of hydrogen-bond acceptors (Lipinski definition) is 3. The van der Waals surface area contributed by atoms with Crippen molar-refractivity contribution in [2.75, 3.05) is 5.32 Å². The zero-order valence-electron chi connectivity index (χ0n) is 9.42. The third-order valence-electron chi connectivity index (χ3n) is 2.30. The van der Waals surface area contributed by atoms with Crippen LogP contribution in [0, 0.1) is 0 Å². The molecule has 3 N–H and O–H groups in total. The second kappa shape index (κ2) is 4.92. The van der Waals surface area contributed by atoms with Crippen LogP contribution in [0.5, 0.6) is 0 Å². The Balaban J connectivity index is 2.19. The summed E-state index contributed by atoms with van der Waals surface area (Å²) in [5, 5.41) is 11.2. The lowest BCUT2D eigenvalue weighted by atomic mass is 10.3. The zero-order valence-corrected chi connectivity index (χ0v) is 10.2. The Kier molecular flexibility index (Phi) is 3.34. The molecule has 0 fully saturated rings. The minimum Gasteiger partial charge on any atom is -0.376 e. The minimum atomic E-state index is 0.256. The summed E-state index contributed by atoms with van der Waals surface area (Å²) in [4.78, 5) is 0. The van der Waals surface area contributed by atoms with E-state index in [4.69, 9.17) is 18.0 Å². The van der Waals surface area contributed by atoms with Crippen molar-refractivity contribution in [3.05, 3.63) is 36.2 Å². The average molecular weight is 247 g/mol. The van der Waals surface area contributed by atoms with Gasteiger partial charge in [-0.25, -0.2) is 4.68 Å². The molecule has 0 saturated heterocycles. The lowest BCUT2D eigenvalue weighted by Crippen LogP contribution is -2.18. The molecule has 1 heterocycles. The molecule has 1 aromatic carbocycles. The van der Waals surface area contributed by atoms with Gasteiger partial charge in [0.05, 0.1) is 17.6 Å². The number of benzene rings is 1. The molecule has 0 bridgehead atoms. The maximum absolute atomic E-state index is 5.39.